The normalized spacial score (nSPS) is 34.2. The number of esters is 2. The Morgan fingerprint density at radius 2 is 1.75 bits per heavy atom. The first-order valence-corrected chi connectivity index (χ1v) is 4.74. The number of rotatable bonds is 2. The lowest BCUT2D eigenvalue weighted by Crippen LogP contribution is -2.55. The zero-order valence-corrected chi connectivity index (χ0v) is 8.95. The molecule has 0 aromatic heterocycles. The second-order valence-corrected chi connectivity index (χ2v) is 3.44. The molecule has 0 aromatic carbocycles. The third-order valence-corrected chi connectivity index (χ3v) is 2.01. The Hall–Kier alpha value is -1.18. The zero-order chi connectivity index (χ0) is 12.3. The van der Waals surface area contributed by atoms with Crippen LogP contribution in [0, 0.1) is 0 Å². The summed E-state index contributed by atoms with van der Waals surface area (Å²) in [5, 5.41) is 18.9. The standard InChI is InChI=1S/C9H14O7/c1-4(10)15-8-7(13)6(12)3-14-9(8)16-5(2)11/h6-9,12-13H,3H2,1-2H3/t6-,7-,8+,9+/m1/s1. The molecule has 1 rings (SSSR count). The third-order valence-electron chi connectivity index (χ3n) is 2.01. The molecule has 2 N–H and O–H groups in total. The van der Waals surface area contributed by atoms with Crippen molar-refractivity contribution in [1.29, 1.82) is 0 Å². The van der Waals surface area contributed by atoms with E-state index >= 15 is 0 Å². The number of aliphatic hydroxyl groups is 2. The van der Waals surface area contributed by atoms with Crippen LogP contribution in [0.25, 0.3) is 0 Å². The molecule has 0 spiro atoms. The molecule has 1 saturated heterocycles. The summed E-state index contributed by atoms with van der Waals surface area (Å²) < 4.78 is 14.4. The number of aliphatic hydroxyl groups excluding tert-OH is 2. The molecule has 16 heavy (non-hydrogen) atoms. The largest absolute Gasteiger partial charge is 0.453 e. The lowest BCUT2D eigenvalue weighted by molar-refractivity contribution is -0.267. The molecule has 0 unspecified atom stereocenters. The summed E-state index contributed by atoms with van der Waals surface area (Å²) in [6.07, 6.45) is -4.94. The van der Waals surface area contributed by atoms with Gasteiger partial charge < -0.3 is 24.4 Å². The second kappa shape index (κ2) is 5.24. The van der Waals surface area contributed by atoms with Gasteiger partial charge in [-0.05, 0) is 0 Å². The van der Waals surface area contributed by atoms with Crippen molar-refractivity contribution in [3.8, 4) is 0 Å². The lowest BCUT2D eigenvalue weighted by Gasteiger charge is -2.36. The fourth-order valence-corrected chi connectivity index (χ4v) is 1.35. The SMILES string of the molecule is CC(=O)O[C@@H]1OC[C@@H](O)[C@@H](O)[C@@H]1OC(C)=O. The molecule has 0 bridgehead atoms. The molecular formula is C9H14O7. The Labute approximate surface area is 91.9 Å². The topological polar surface area (TPSA) is 102 Å². The number of ether oxygens (including phenoxy) is 3. The van der Waals surface area contributed by atoms with E-state index in [0.717, 1.165) is 13.8 Å². The molecule has 7 heteroatoms. The molecule has 0 saturated carbocycles. The number of carbonyl (C=O) groups excluding carboxylic acids is 2. The van der Waals surface area contributed by atoms with Gasteiger partial charge in [-0.1, -0.05) is 0 Å². The van der Waals surface area contributed by atoms with E-state index in [9.17, 15) is 19.8 Å². The maximum absolute atomic E-state index is 10.8. The Morgan fingerprint density at radius 1 is 1.19 bits per heavy atom. The summed E-state index contributed by atoms with van der Waals surface area (Å²) in [6.45, 7) is 2.10. The van der Waals surface area contributed by atoms with E-state index in [1.807, 2.05) is 0 Å². The number of hydrogen-bond acceptors (Lipinski definition) is 7. The molecule has 1 heterocycles. The number of hydrogen-bond donors (Lipinski definition) is 2. The summed E-state index contributed by atoms with van der Waals surface area (Å²) >= 11 is 0. The van der Waals surface area contributed by atoms with Crippen LogP contribution >= 0.6 is 0 Å². The highest BCUT2D eigenvalue weighted by Crippen LogP contribution is 2.20. The van der Waals surface area contributed by atoms with Gasteiger partial charge in [0.15, 0.2) is 6.10 Å². The van der Waals surface area contributed by atoms with Crippen LogP contribution in [-0.2, 0) is 23.8 Å². The smallest absolute Gasteiger partial charge is 0.305 e. The Balaban J connectivity index is 2.72. The van der Waals surface area contributed by atoms with Crippen molar-refractivity contribution < 1.29 is 34.0 Å². The predicted octanol–water partition coefficient (Wildman–Crippen LogP) is -1.44. The Morgan fingerprint density at radius 3 is 2.25 bits per heavy atom. The van der Waals surface area contributed by atoms with E-state index < -0.39 is 36.5 Å². The fourth-order valence-electron chi connectivity index (χ4n) is 1.35. The highest BCUT2D eigenvalue weighted by molar-refractivity contribution is 5.67. The van der Waals surface area contributed by atoms with Crippen molar-refractivity contribution >= 4 is 11.9 Å². The highest BCUT2D eigenvalue weighted by atomic mass is 16.7. The minimum absolute atomic E-state index is 0.198. The van der Waals surface area contributed by atoms with Gasteiger partial charge in [-0.25, -0.2) is 0 Å². The van der Waals surface area contributed by atoms with Crippen LogP contribution in [0.15, 0.2) is 0 Å². The van der Waals surface area contributed by atoms with E-state index in [1.165, 1.54) is 0 Å². The molecule has 0 amide bonds. The first-order valence-electron chi connectivity index (χ1n) is 4.74. The van der Waals surface area contributed by atoms with Crippen LogP contribution in [0.4, 0.5) is 0 Å². The fraction of sp³-hybridized carbons (Fsp3) is 0.778. The van der Waals surface area contributed by atoms with Crippen molar-refractivity contribution in [3.63, 3.8) is 0 Å². The van der Waals surface area contributed by atoms with Crippen LogP contribution < -0.4 is 0 Å². The van der Waals surface area contributed by atoms with Gasteiger partial charge in [0, 0.05) is 13.8 Å². The van der Waals surface area contributed by atoms with Gasteiger partial charge in [-0.3, -0.25) is 9.59 Å². The van der Waals surface area contributed by atoms with E-state index in [-0.39, 0.29) is 6.61 Å². The lowest BCUT2D eigenvalue weighted by atomic mass is 10.1. The molecule has 1 aliphatic rings. The second-order valence-electron chi connectivity index (χ2n) is 3.44. The van der Waals surface area contributed by atoms with Crippen molar-refractivity contribution in [3.05, 3.63) is 0 Å². The zero-order valence-electron chi connectivity index (χ0n) is 8.95. The van der Waals surface area contributed by atoms with Crippen LogP contribution in [0.5, 0.6) is 0 Å². The van der Waals surface area contributed by atoms with Crippen molar-refractivity contribution in [2.75, 3.05) is 6.61 Å². The molecule has 92 valence electrons. The van der Waals surface area contributed by atoms with Gasteiger partial charge in [0.1, 0.15) is 12.2 Å². The maximum Gasteiger partial charge on any atom is 0.305 e. The summed E-state index contributed by atoms with van der Waals surface area (Å²) in [5.41, 5.74) is 0. The van der Waals surface area contributed by atoms with Gasteiger partial charge in [0.05, 0.1) is 6.61 Å². The summed E-state index contributed by atoms with van der Waals surface area (Å²) in [7, 11) is 0. The first-order chi connectivity index (χ1) is 7.41. The van der Waals surface area contributed by atoms with Crippen molar-refractivity contribution in [1.82, 2.24) is 0 Å². The van der Waals surface area contributed by atoms with Crippen LogP contribution in [-0.4, -0.2) is 53.4 Å². The number of carbonyl (C=O) groups is 2. The van der Waals surface area contributed by atoms with E-state index in [1.54, 1.807) is 0 Å². The molecule has 7 nitrogen and oxygen atoms in total. The van der Waals surface area contributed by atoms with Gasteiger partial charge in [0.2, 0.25) is 6.29 Å². The van der Waals surface area contributed by atoms with E-state index in [4.69, 9.17) is 14.2 Å². The van der Waals surface area contributed by atoms with Gasteiger partial charge in [0.25, 0.3) is 0 Å². The summed E-state index contributed by atoms with van der Waals surface area (Å²) in [5.74, 6) is -1.30. The van der Waals surface area contributed by atoms with Crippen molar-refractivity contribution in [2.45, 2.75) is 38.4 Å². The molecule has 0 radical (unpaired) electrons. The maximum atomic E-state index is 10.8. The first kappa shape index (κ1) is 12.9. The summed E-state index contributed by atoms with van der Waals surface area (Å²) in [4.78, 5) is 21.5. The average Bonchev–Trinajstić information content (AvgIpc) is 2.16. The minimum atomic E-state index is -1.35. The summed E-state index contributed by atoms with van der Waals surface area (Å²) in [6, 6.07) is 0. The van der Waals surface area contributed by atoms with E-state index in [0.29, 0.717) is 0 Å². The molecule has 1 fully saturated rings. The van der Waals surface area contributed by atoms with Gasteiger partial charge in [-0.2, -0.15) is 0 Å². The monoisotopic (exact) mass is 234 g/mol. The highest BCUT2D eigenvalue weighted by Gasteiger charge is 2.43. The molecule has 1 aliphatic heterocycles. The predicted molar refractivity (Wildman–Crippen MR) is 49.1 cm³/mol. The van der Waals surface area contributed by atoms with Gasteiger partial charge in [-0.15, -0.1) is 0 Å². The van der Waals surface area contributed by atoms with Crippen LogP contribution in [0.2, 0.25) is 0 Å². The van der Waals surface area contributed by atoms with Gasteiger partial charge >= 0.3 is 11.9 Å². The molecular weight excluding hydrogens is 220 g/mol. The van der Waals surface area contributed by atoms with Crippen molar-refractivity contribution in [2.24, 2.45) is 0 Å². The Bertz CT molecular complexity index is 277. The third kappa shape index (κ3) is 3.16. The Kier molecular flexibility index (Phi) is 4.22. The molecule has 0 aliphatic carbocycles. The average molecular weight is 234 g/mol. The quantitative estimate of drug-likeness (QED) is 0.564. The minimum Gasteiger partial charge on any atom is -0.453 e. The van der Waals surface area contributed by atoms with Crippen LogP contribution in [0.3, 0.4) is 0 Å². The van der Waals surface area contributed by atoms with E-state index in [2.05, 4.69) is 0 Å². The molecule has 0 aromatic rings. The molecule has 4 atom stereocenters. The van der Waals surface area contributed by atoms with Crippen LogP contribution in [0.1, 0.15) is 13.8 Å².